The molecule has 0 radical (unpaired) electrons. The fraction of sp³-hybridized carbons (Fsp3) is 0.455. The first-order valence-corrected chi connectivity index (χ1v) is 5.64. The molecule has 0 bridgehead atoms. The number of hydrogen-bond donors (Lipinski definition) is 0. The van der Waals surface area contributed by atoms with Crippen molar-refractivity contribution in [3.8, 4) is 0 Å². The smallest absolute Gasteiger partial charge is 0.286 e. The van der Waals surface area contributed by atoms with Crippen LogP contribution in [-0.2, 0) is 9.53 Å². The number of pyridine rings is 1. The highest BCUT2D eigenvalue weighted by Crippen LogP contribution is 2.24. The lowest BCUT2D eigenvalue weighted by molar-refractivity contribution is -0.602. The molecule has 1 saturated heterocycles. The van der Waals surface area contributed by atoms with Gasteiger partial charge in [-0.05, 0) is 31.5 Å². The monoisotopic (exact) mass is 256 g/mol. The van der Waals surface area contributed by atoms with Gasteiger partial charge >= 0.3 is 0 Å². The van der Waals surface area contributed by atoms with Gasteiger partial charge in [0.15, 0.2) is 0 Å². The predicted molar refractivity (Wildman–Crippen MR) is 62.8 cm³/mol. The van der Waals surface area contributed by atoms with E-state index >= 15 is 0 Å². The van der Waals surface area contributed by atoms with Crippen molar-refractivity contribution >= 4 is 23.2 Å². The van der Waals surface area contributed by atoms with Crippen LogP contribution in [0.2, 0.25) is 5.15 Å². The third kappa shape index (κ3) is 2.21. The number of rotatable bonds is 1. The minimum Gasteiger partial charge on any atom is -0.618 e. The van der Waals surface area contributed by atoms with E-state index in [9.17, 15) is 10.0 Å². The minimum absolute atomic E-state index is 0.0775. The zero-order valence-electron chi connectivity index (χ0n) is 9.64. The Morgan fingerprint density at radius 2 is 2.24 bits per heavy atom. The zero-order chi connectivity index (χ0) is 12.6. The molecule has 2 heterocycles. The number of carbonyl (C=O) groups excluding carboxylic acids is 1. The van der Waals surface area contributed by atoms with E-state index in [1.807, 2.05) is 0 Å². The number of morpholine rings is 1. The molecule has 0 spiro atoms. The molecule has 5 nitrogen and oxygen atoms in total. The van der Waals surface area contributed by atoms with Crippen molar-refractivity contribution in [2.75, 3.05) is 18.1 Å². The van der Waals surface area contributed by atoms with Crippen LogP contribution >= 0.6 is 11.6 Å². The fourth-order valence-corrected chi connectivity index (χ4v) is 1.85. The highest BCUT2D eigenvalue weighted by molar-refractivity contribution is 6.28. The van der Waals surface area contributed by atoms with Crippen LogP contribution in [0.4, 0.5) is 5.69 Å². The molecule has 0 saturated carbocycles. The lowest BCUT2D eigenvalue weighted by Gasteiger charge is -2.36. The Balaban J connectivity index is 2.33. The summed E-state index contributed by atoms with van der Waals surface area (Å²) < 4.78 is 5.92. The molecule has 0 atom stereocenters. The molecule has 1 fully saturated rings. The molecular weight excluding hydrogens is 244 g/mol. The van der Waals surface area contributed by atoms with Crippen LogP contribution in [0.1, 0.15) is 13.8 Å². The van der Waals surface area contributed by atoms with Gasteiger partial charge in [0.25, 0.3) is 11.1 Å². The molecular formula is C11H13ClN2O3. The van der Waals surface area contributed by atoms with Crippen LogP contribution < -0.4 is 9.63 Å². The van der Waals surface area contributed by atoms with E-state index < -0.39 is 5.60 Å². The number of hydrogen-bond acceptors (Lipinski definition) is 3. The number of carbonyl (C=O) groups is 1. The van der Waals surface area contributed by atoms with Crippen LogP contribution in [-0.4, -0.2) is 24.7 Å². The standard InChI is InChI=1S/C11H13ClN2O3/c1-11(2)10(15)13(5-6-17-11)8-3-4-9(12)14(16)7-8/h3-4,7H,5-6H2,1-2H3. The lowest BCUT2D eigenvalue weighted by Crippen LogP contribution is -2.54. The van der Waals surface area contributed by atoms with Crippen LogP contribution in [0.3, 0.4) is 0 Å². The number of halogens is 1. The van der Waals surface area contributed by atoms with Crippen molar-refractivity contribution in [2.45, 2.75) is 19.4 Å². The summed E-state index contributed by atoms with van der Waals surface area (Å²) in [6, 6.07) is 3.12. The number of aromatic nitrogens is 1. The Morgan fingerprint density at radius 1 is 1.53 bits per heavy atom. The number of nitrogens with zero attached hydrogens (tertiary/aromatic N) is 2. The van der Waals surface area contributed by atoms with E-state index in [2.05, 4.69) is 0 Å². The second kappa shape index (κ2) is 4.16. The molecule has 6 heteroatoms. The summed E-state index contributed by atoms with van der Waals surface area (Å²) in [5, 5.41) is 11.4. The molecule has 1 aromatic rings. The SMILES string of the molecule is CC1(C)OCCN(c2ccc(Cl)[n+]([O-])c2)C1=O. The van der Waals surface area contributed by atoms with Crippen LogP contribution in [0.15, 0.2) is 18.3 Å². The summed E-state index contributed by atoms with van der Waals surface area (Å²) >= 11 is 5.63. The summed E-state index contributed by atoms with van der Waals surface area (Å²) in [6.07, 6.45) is 1.29. The van der Waals surface area contributed by atoms with E-state index in [1.165, 1.54) is 17.2 Å². The van der Waals surface area contributed by atoms with Gasteiger partial charge in [0, 0.05) is 12.6 Å². The number of anilines is 1. The molecule has 1 amide bonds. The summed E-state index contributed by atoms with van der Waals surface area (Å²) in [5.41, 5.74) is -0.322. The van der Waals surface area contributed by atoms with E-state index in [0.29, 0.717) is 23.6 Å². The lowest BCUT2D eigenvalue weighted by atomic mass is 10.1. The Morgan fingerprint density at radius 3 is 2.88 bits per heavy atom. The van der Waals surface area contributed by atoms with Gasteiger partial charge in [0.2, 0.25) is 6.20 Å². The molecule has 0 aromatic carbocycles. The van der Waals surface area contributed by atoms with E-state index in [-0.39, 0.29) is 11.1 Å². The van der Waals surface area contributed by atoms with Gasteiger partial charge in [-0.1, -0.05) is 0 Å². The van der Waals surface area contributed by atoms with Gasteiger partial charge in [-0.2, -0.15) is 4.73 Å². The summed E-state index contributed by atoms with van der Waals surface area (Å²) in [6.45, 7) is 4.30. The highest BCUT2D eigenvalue weighted by atomic mass is 35.5. The average Bonchev–Trinajstić information content (AvgIpc) is 2.26. The van der Waals surface area contributed by atoms with E-state index in [0.717, 1.165) is 0 Å². The normalized spacial score (nSPS) is 19.5. The number of ether oxygens (including phenoxy) is 1. The average molecular weight is 257 g/mol. The molecule has 92 valence electrons. The molecule has 1 aliphatic heterocycles. The molecule has 2 rings (SSSR count). The number of amides is 1. The fourth-order valence-electron chi connectivity index (χ4n) is 1.74. The molecule has 1 aromatic heterocycles. The van der Waals surface area contributed by atoms with Gasteiger partial charge in [-0.15, -0.1) is 0 Å². The molecule has 17 heavy (non-hydrogen) atoms. The third-order valence-electron chi connectivity index (χ3n) is 2.70. The predicted octanol–water partition coefficient (Wildman–Crippen LogP) is 1.12. The molecule has 0 unspecified atom stereocenters. The molecule has 0 N–H and O–H groups in total. The Hall–Kier alpha value is -1.33. The Bertz CT molecular complexity index is 462. The minimum atomic E-state index is -0.856. The first kappa shape index (κ1) is 12.1. The van der Waals surface area contributed by atoms with Crippen molar-refractivity contribution in [1.82, 2.24) is 0 Å². The van der Waals surface area contributed by atoms with Gasteiger partial charge in [-0.25, -0.2) is 0 Å². The molecule has 0 aliphatic carbocycles. The maximum atomic E-state index is 12.1. The van der Waals surface area contributed by atoms with Crippen molar-refractivity contribution in [2.24, 2.45) is 0 Å². The third-order valence-corrected chi connectivity index (χ3v) is 2.99. The Labute approximate surface area is 104 Å². The zero-order valence-corrected chi connectivity index (χ0v) is 10.4. The van der Waals surface area contributed by atoms with Crippen molar-refractivity contribution in [1.29, 1.82) is 0 Å². The summed E-state index contributed by atoms with van der Waals surface area (Å²) in [7, 11) is 0. The quantitative estimate of drug-likeness (QED) is 0.430. The summed E-state index contributed by atoms with van der Waals surface area (Å²) in [4.78, 5) is 13.6. The largest absolute Gasteiger partial charge is 0.618 e. The van der Waals surface area contributed by atoms with Crippen LogP contribution in [0.5, 0.6) is 0 Å². The second-order valence-corrected chi connectivity index (χ2v) is 4.74. The van der Waals surface area contributed by atoms with Gasteiger partial charge in [-0.3, -0.25) is 4.79 Å². The van der Waals surface area contributed by atoms with Gasteiger partial charge in [0.05, 0.1) is 6.61 Å². The molecule has 1 aliphatic rings. The van der Waals surface area contributed by atoms with Crippen molar-refractivity contribution in [3.05, 3.63) is 28.7 Å². The highest BCUT2D eigenvalue weighted by Gasteiger charge is 2.38. The maximum absolute atomic E-state index is 12.1. The van der Waals surface area contributed by atoms with Gasteiger partial charge < -0.3 is 14.8 Å². The Kier molecular flexibility index (Phi) is 2.97. The van der Waals surface area contributed by atoms with Crippen molar-refractivity contribution in [3.63, 3.8) is 0 Å². The van der Waals surface area contributed by atoms with E-state index in [1.54, 1.807) is 19.9 Å². The summed E-state index contributed by atoms with van der Waals surface area (Å²) in [5.74, 6) is -0.161. The first-order chi connectivity index (χ1) is 7.92. The first-order valence-electron chi connectivity index (χ1n) is 5.26. The topological polar surface area (TPSA) is 56.5 Å². The second-order valence-electron chi connectivity index (χ2n) is 4.35. The maximum Gasteiger partial charge on any atom is 0.286 e. The van der Waals surface area contributed by atoms with Crippen LogP contribution in [0.25, 0.3) is 0 Å². The van der Waals surface area contributed by atoms with Crippen molar-refractivity contribution < 1.29 is 14.3 Å². The van der Waals surface area contributed by atoms with Crippen LogP contribution in [0, 0.1) is 5.21 Å². The van der Waals surface area contributed by atoms with E-state index in [4.69, 9.17) is 16.3 Å². The van der Waals surface area contributed by atoms with Gasteiger partial charge in [0.1, 0.15) is 11.3 Å².